The lowest BCUT2D eigenvalue weighted by Gasteiger charge is -2.06. The average Bonchev–Trinajstić information content (AvgIpc) is 1.97. The van der Waals surface area contributed by atoms with Crippen LogP contribution in [0.15, 0.2) is 0 Å². The minimum Gasteiger partial charge on any atom is -0.379 e. The lowest BCUT2D eigenvalue weighted by Crippen LogP contribution is -2.17. The van der Waals surface area contributed by atoms with Crippen molar-refractivity contribution >= 4 is 0 Å². The molecule has 10 heavy (non-hydrogen) atoms. The lowest BCUT2D eigenvalue weighted by atomic mass is 10.4. The van der Waals surface area contributed by atoms with E-state index < -0.39 is 6.17 Å². The Morgan fingerprint density at radius 1 is 1.10 bits per heavy atom. The van der Waals surface area contributed by atoms with Crippen molar-refractivity contribution in [2.75, 3.05) is 26.4 Å². The highest BCUT2D eigenvalue weighted by Gasteiger charge is 2.04. The van der Waals surface area contributed by atoms with Gasteiger partial charge < -0.3 is 9.47 Å². The van der Waals surface area contributed by atoms with Crippen LogP contribution in [0.4, 0.5) is 4.39 Å². The molecule has 0 spiro atoms. The van der Waals surface area contributed by atoms with E-state index in [4.69, 9.17) is 9.47 Å². The van der Waals surface area contributed by atoms with Gasteiger partial charge in [0.2, 0.25) is 0 Å². The molecule has 0 aliphatic rings. The monoisotopic (exact) mass is 150 g/mol. The van der Waals surface area contributed by atoms with Crippen molar-refractivity contribution in [3.63, 3.8) is 0 Å². The maximum absolute atomic E-state index is 12.5. The van der Waals surface area contributed by atoms with Gasteiger partial charge in [-0.05, 0) is 13.8 Å². The third-order valence-electron chi connectivity index (χ3n) is 1.01. The average molecular weight is 150 g/mol. The molecular weight excluding hydrogens is 135 g/mol. The fourth-order valence-corrected chi connectivity index (χ4v) is 0.540. The molecule has 0 N–H and O–H groups in total. The second kappa shape index (κ2) is 6.96. The SMILES string of the molecule is CCOCC(F)COCC. The van der Waals surface area contributed by atoms with Gasteiger partial charge in [0.05, 0.1) is 13.2 Å². The van der Waals surface area contributed by atoms with Crippen LogP contribution in [0.1, 0.15) is 13.8 Å². The van der Waals surface area contributed by atoms with Crippen molar-refractivity contribution in [2.45, 2.75) is 20.0 Å². The van der Waals surface area contributed by atoms with E-state index in [1.807, 2.05) is 13.8 Å². The maximum Gasteiger partial charge on any atom is 0.146 e. The highest BCUT2D eigenvalue weighted by Crippen LogP contribution is 1.92. The van der Waals surface area contributed by atoms with E-state index in [-0.39, 0.29) is 13.2 Å². The third-order valence-corrected chi connectivity index (χ3v) is 1.01. The summed E-state index contributed by atoms with van der Waals surface area (Å²) in [5.41, 5.74) is 0. The van der Waals surface area contributed by atoms with Gasteiger partial charge in [0.15, 0.2) is 0 Å². The molecule has 0 aliphatic heterocycles. The first-order chi connectivity index (χ1) is 4.81. The first kappa shape index (κ1) is 9.85. The van der Waals surface area contributed by atoms with Gasteiger partial charge >= 0.3 is 0 Å². The fourth-order valence-electron chi connectivity index (χ4n) is 0.540. The standard InChI is InChI=1S/C7H15FO2/c1-3-9-5-7(8)6-10-4-2/h7H,3-6H2,1-2H3. The number of alkyl halides is 1. The topological polar surface area (TPSA) is 18.5 Å². The first-order valence-corrected chi connectivity index (χ1v) is 3.60. The van der Waals surface area contributed by atoms with Gasteiger partial charge in [-0.25, -0.2) is 4.39 Å². The second-order valence-corrected chi connectivity index (χ2v) is 1.92. The van der Waals surface area contributed by atoms with E-state index in [1.54, 1.807) is 0 Å². The van der Waals surface area contributed by atoms with Gasteiger partial charge in [-0.15, -0.1) is 0 Å². The highest BCUT2D eigenvalue weighted by atomic mass is 19.1. The zero-order chi connectivity index (χ0) is 7.82. The van der Waals surface area contributed by atoms with E-state index in [0.717, 1.165) is 0 Å². The summed E-state index contributed by atoms with van der Waals surface area (Å²) in [6.45, 7) is 5.10. The Kier molecular flexibility index (Phi) is 6.86. The molecule has 0 saturated heterocycles. The van der Waals surface area contributed by atoms with Crippen molar-refractivity contribution in [1.29, 1.82) is 0 Å². The lowest BCUT2D eigenvalue weighted by molar-refractivity contribution is 0.0292. The van der Waals surface area contributed by atoms with Gasteiger partial charge in [-0.2, -0.15) is 0 Å². The van der Waals surface area contributed by atoms with Crippen LogP contribution in [0.3, 0.4) is 0 Å². The Labute approximate surface area is 61.3 Å². The highest BCUT2D eigenvalue weighted by molar-refractivity contribution is 4.50. The Balaban J connectivity index is 3.00. The summed E-state index contributed by atoms with van der Waals surface area (Å²) in [4.78, 5) is 0. The minimum absolute atomic E-state index is 0.149. The Bertz CT molecular complexity index is 60.6. The summed E-state index contributed by atoms with van der Waals surface area (Å²) in [6.07, 6.45) is -0.972. The van der Waals surface area contributed by atoms with Crippen LogP contribution < -0.4 is 0 Å². The van der Waals surface area contributed by atoms with E-state index in [1.165, 1.54) is 0 Å². The summed E-state index contributed by atoms with van der Waals surface area (Å²) in [7, 11) is 0. The quantitative estimate of drug-likeness (QED) is 0.569. The molecule has 0 bridgehead atoms. The molecule has 3 heteroatoms. The Morgan fingerprint density at radius 2 is 1.50 bits per heavy atom. The summed E-state index contributed by atoms with van der Waals surface area (Å²) < 4.78 is 22.2. The first-order valence-electron chi connectivity index (χ1n) is 3.60. The molecule has 0 amide bonds. The van der Waals surface area contributed by atoms with Gasteiger partial charge in [0.1, 0.15) is 6.17 Å². The molecule has 0 heterocycles. The second-order valence-electron chi connectivity index (χ2n) is 1.92. The summed E-state index contributed by atoms with van der Waals surface area (Å²) >= 11 is 0. The van der Waals surface area contributed by atoms with Crippen LogP contribution in [-0.4, -0.2) is 32.6 Å². The van der Waals surface area contributed by atoms with Gasteiger partial charge in [-0.3, -0.25) is 0 Å². The number of hydrogen-bond acceptors (Lipinski definition) is 2. The van der Waals surface area contributed by atoms with Crippen LogP contribution in [0.25, 0.3) is 0 Å². The van der Waals surface area contributed by atoms with E-state index in [9.17, 15) is 4.39 Å². The summed E-state index contributed by atoms with van der Waals surface area (Å²) in [5.74, 6) is 0. The van der Waals surface area contributed by atoms with Crippen LogP contribution in [0, 0.1) is 0 Å². The molecule has 0 unspecified atom stereocenters. The third kappa shape index (κ3) is 5.98. The maximum atomic E-state index is 12.5. The molecule has 62 valence electrons. The fraction of sp³-hybridized carbons (Fsp3) is 1.00. The predicted molar refractivity (Wildman–Crippen MR) is 37.9 cm³/mol. The zero-order valence-corrected chi connectivity index (χ0v) is 6.60. The van der Waals surface area contributed by atoms with E-state index >= 15 is 0 Å². The smallest absolute Gasteiger partial charge is 0.146 e. The van der Waals surface area contributed by atoms with Gasteiger partial charge in [0, 0.05) is 13.2 Å². The normalized spacial score (nSPS) is 10.8. The summed E-state index contributed by atoms with van der Waals surface area (Å²) in [5, 5.41) is 0. The van der Waals surface area contributed by atoms with Crippen LogP contribution in [-0.2, 0) is 9.47 Å². The number of hydrogen-bond donors (Lipinski definition) is 0. The van der Waals surface area contributed by atoms with Crippen molar-refractivity contribution in [3.8, 4) is 0 Å². The molecule has 0 rings (SSSR count). The summed E-state index contributed by atoms with van der Waals surface area (Å²) in [6, 6.07) is 0. The van der Waals surface area contributed by atoms with E-state index in [2.05, 4.69) is 0 Å². The van der Waals surface area contributed by atoms with Gasteiger partial charge in [-0.1, -0.05) is 0 Å². The molecular formula is C7H15FO2. The largest absolute Gasteiger partial charge is 0.379 e. The molecule has 0 aromatic heterocycles. The molecule has 0 saturated carbocycles. The molecule has 0 aliphatic carbocycles. The van der Waals surface area contributed by atoms with Crippen LogP contribution in [0.5, 0.6) is 0 Å². The molecule has 0 atom stereocenters. The van der Waals surface area contributed by atoms with Crippen LogP contribution in [0.2, 0.25) is 0 Å². The molecule has 0 aromatic rings. The van der Waals surface area contributed by atoms with Crippen LogP contribution >= 0.6 is 0 Å². The van der Waals surface area contributed by atoms with Crippen molar-refractivity contribution in [2.24, 2.45) is 0 Å². The molecule has 2 nitrogen and oxygen atoms in total. The van der Waals surface area contributed by atoms with Gasteiger partial charge in [0.25, 0.3) is 0 Å². The van der Waals surface area contributed by atoms with Crippen molar-refractivity contribution < 1.29 is 13.9 Å². The minimum atomic E-state index is -0.972. The van der Waals surface area contributed by atoms with Crippen molar-refractivity contribution in [3.05, 3.63) is 0 Å². The van der Waals surface area contributed by atoms with Crippen molar-refractivity contribution in [1.82, 2.24) is 0 Å². The number of halogens is 1. The zero-order valence-electron chi connectivity index (χ0n) is 6.60. The Morgan fingerprint density at radius 3 is 1.80 bits per heavy atom. The molecule has 0 fully saturated rings. The predicted octanol–water partition coefficient (Wildman–Crippen LogP) is 1.40. The number of rotatable bonds is 6. The molecule has 0 aromatic carbocycles. The Hall–Kier alpha value is -0.150. The van der Waals surface area contributed by atoms with E-state index in [0.29, 0.717) is 13.2 Å². The number of ether oxygens (including phenoxy) is 2. The molecule has 0 radical (unpaired) electrons.